The van der Waals surface area contributed by atoms with E-state index in [0.717, 1.165) is 5.56 Å². The zero-order chi connectivity index (χ0) is 19.8. The van der Waals surface area contributed by atoms with Crippen LogP contribution in [0.4, 0.5) is 11.4 Å². The van der Waals surface area contributed by atoms with Crippen LogP contribution in [0.25, 0.3) is 0 Å². The van der Waals surface area contributed by atoms with Crippen LogP contribution in [-0.4, -0.2) is 39.7 Å². The normalized spacial score (nSPS) is 16.0. The molecule has 2 aromatic carbocycles. The number of hydrogen-bond donors (Lipinski definition) is 1. The molecule has 0 spiro atoms. The first-order valence-electron chi connectivity index (χ1n) is 8.33. The second-order valence-corrected chi connectivity index (χ2v) is 8.34. The van der Waals surface area contributed by atoms with Crippen molar-refractivity contribution in [3.8, 4) is 0 Å². The lowest BCUT2D eigenvalue weighted by atomic mass is 10.1. The SMILES string of the molecule is COC(=O)c1ccc(NC(=O)c2ccc3c(c2)C[C@H](C)N3S(C)(=O)=O)cc1. The van der Waals surface area contributed by atoms with E-state index in [4.69, 9.17) is 0 Å². The lowest BCUT2D eigenvalue weighted by molar-refractivity contribution is 0.0600. The number of sulfonamides is 1. The molecule has 3 rings (SSSR count). The summed E-state index contributed by atoms with van der Waals surface area (Å²) in [6.45, 7) is 1.84. The molecule has 0 radical (unpaired) electrons. The molecule has 0 bridgehead atoms. The first kappa shape index (κ1) is 18.9. The summed E-state index contributed by atoms with van der Waals surface area (Å²) in [5, 5.41) is 2.76. The molecule has 0 saturated carbocycles. The van der Waals surface area contributed by atoms with Gasteiger partial charge in [-0.25, -0.2) is 13.2 Å². The largest absolute Gasteiger partial charge is 0.465 e. The number of nitrogens with one attached hydrogen (secondary N) is 1. The average Bonchev–Trinajstić information content (AvgIpc) is 2.96. The highest BCUT2D eigenvalue weighted by Crippen LogP contribution is 2.34. The van der Waals surface area contributed by atoms with Crippen LogP contribution < -0.4 is 9.62 Å². The number of ether oxygens (including phenoxy) is 1. The molecular formula is C19H20N2O5S. The van der Waals surface area contributed by atoms with E-state index in [2.05, 4.69) is 10.1 Å². The van der Waals surface area contributed by atoms with E-state index in [9.17, 15) is 18.0 Å². The summed E-state index contributed by atoms with van der Waals surface area (Å²) in [7, 11) is -2.06. The number of hydrogen-bond acceptors (Lipinski definition) is 5. The van der Waals surface area contributed by atoms with E-state index in [1.807, 2.05) is 6.92 Å². The Hall–Kier alpha value is -2.87. The van der Waals surface area contributed by atoms with Gasteiger partial charge < -0.3 is 10.1 Å². The number of fused-ring (bicyclic) bond motifs is 1. The van der Waals surface area contributed by atoms with Crippen molar-refractivity contribution in [2.45, 2.75) is 19.4 Å². The number of methoxy groups -OCH3 is 1. The van der Waals surface area contributed by atoms with Crippen LogP contribution in [-0.2, 0) is 21.2 Å². The second kappa shape index (κ2) is 7.03. The molecule has 0 unspecified atom stereocenters. The number of esters is 1. The molecule has 0 saturated heterocycles. The molecule has 142 valence electrons. The second-order valence-electron chi connectivity index (χ2n) is 6.48. The molecule has 1 atom stereocenters. The van der Waals surface area contributed by atoms with E-state index < -0.39 is 16.0 Å². The van der Waals surface area contributed by atoms with Crippen LogP contribution in [0.5, 0.6) is 0 Å². The van der Waals surface area contributed by atoms with Crippen molar-refractivity contribution in [2.24, 2.45) is 0 Å². The van der Waals surface area contributed by atoms with E-state index >= 15 is 0 Å². The number of benzene rings is 2. The summed E-state index contributed by atoms with van der Waals surface area (Å²) in [6.07, 6.45) is 1.73. The predicted octanol–water partition coefficient (Wildman–Crippen LogP) is 2.44. The van der Waals surface area contributed by atoms with E-state index in [1.165, 1.54) is 17.7 Å². The fourth-order valence-electron chi connectivity index (χ4n) is 3.26. The highest BCUT2D eigenvalue weighted by Gasteiger charge is 2.32. The first-order valence-corrected chi connectivity index (χ1v) is 10.2. The van der Waals surface area contributed by atoms with Crippen LogP contribution in [0, 0.1) is 0 Å². The fraction of sp³-hybridized carbons (Fsp3) is 0.263. The summed E-state index contributed by atoms with van der Waals surface area (Å²) in [4.78, 5) is 24.0. The smallest absolute Gasteiger partial charge is 0.337 e. The number of nitrogens with zero attached hydrogens (tertiary/aromatic N) is 1. The molecule has 0 aliphatic carbocycles. The maximum atomic E-state index is 12.5. The molecule has 0 fully saturated rings. The molecular weight excluding hydrogens is 368 g/mol. The Kier molecular flexibility index (Phi) is 4.93. The van der Waals surface area contributed by atoms with E-state index in [0.29, 0.717) is 28.9 Å². The van der Waals surface area contributed by atoms with Gasteiger partial charge in [0.15, 0.2) is 0 Å². The van der Waals surface area contributed by atoms with Crippen molar-refractivity contribution in [3.05, 3.63) is 59.2 Å². The minimum absolute atomic E-state index is 0.181. The topological polar surface area (TPSA) is 92.8 Å². The molecule has 8 heteroatoms. The summed E-state index contributed by atoms with van der Waals surface area (Å²) in [5.74, 6) is -0.759. The van der Waals surface area contributed by atoms with E-state index in [1.54, 1.807) is 42.5 Å². The Morgan fingerprint density at radius 3 is 2.33 bits per heavy atom. The molecule has 7 nitrogen and oxygen atoms in total. The van der Waals surface area contributed by atoms with Gasteiger partial charge in [0.1, 0.15) is 0 Å². The van der Waals surface area contributed by atoms with Crippen molar-refractivity contribution in [2.75, 3.05) is 23.0 Å². The van der Waals surface area contributed by atoms with Crippen molar-refractivity contribution >= 4 is 33.3 Å². The number of amides is 1. The highest BCUT2D eigenvalue weighted by molar-refractivity contribution is 7.92. The molecule has 1 N–H and O–H groups in total. The Bertz CT molecular complexity index is 999. The highest BCUT2D eigenvalue weighted by atomic mass is 32.2. The molecule has 27 heavy (non-hydrogen) atoms. The quantitative estimate of drug-likeness (QED) is 0.812. The standard InChI is InChI=1S/C19H20N2O5S/c1-12-10-15-11-14(6-9-17(15)21(12)27(3,24)25)18(22)20-16-7-4-13(5-8-16)19(23)26-2/h4-9,11-12H,10H2,1-3H3,(H,20,22)/t12-/m0/s1. The van der Waals surface area contributed by atoms with Gasteiger partial charge in [-0.3, -0.25) is 9.10 Å². The Labute approximate surface area is 158 Å². The third-order valence-electron chi connectivity index (χ3n) is 4.42. The molecule has 1 aliphatic rings. The van der Waals surface area contributed by atoms with E-state index in [-0.39, 0.29) is 11.9 Å². The molecule has 0 aromatic heterocycles. The molecule has 1 amide bonds. The van der Waals surface area contributed by atoms with Crippen LogP contribution in [0.1, 0.15) is 33.2 Å². The van der Waals surface area contributed by atoms with Gasteiger partial charge in [-0.05, 0) is 61.4 Å². The maximum absolute atomic E-state index is 12.5. The summed E-state index contributed by atoms with van der Waals surface area (Å²) < 4.78 is 30.0. The molecule has 2 aromatic rings. The lowest BCUT2D eigenvalue weighted by Crippen LogP contribution is -2.34. The zero-order valence-electron chi connectivity index (χ0n) is 15.2. The van der Waals surface area contributed by atoms with Crippen molar-refractivity contribution in [3.63, 3.8) is 0 Å². The van der Waals surface area contributed by atoms with Gasteiger partial charge in [-0.15, -0.1) is 0 Å². The number of carbonyl (C=O) groups is 2. The minimum Gasteiger partial charge on any atom is -0.465 e. The average molecular weight is 388 g/mol. The predicted molar refractivity (Wildman–Crippen MR) is 103 cm³/mol. The van der Waals surface area contributed by atoms with Gasteiger partial charge in [-0.2, -0.15) is 0 Å². The van der Waals surface area contributed by atoms with Crippen LogP contribution in [0.2, 0.25) is 0 Å². The maximum Gasteiger partial charge on any atom is 0.337 e. The van der Waals surface area contributed by atoms with Gasteiger partial charge in [0.25, 0.3) is 5.91 Å². The van der Waals surface area contributed by atoms with Crippen molar-refractivity contribution in [1.29, 1.82) is 0 Å². The first-order chi connectivity index (χ1) is 12.7. The fourth-order valence-corrected chi connectivity index (χ4v) is 4.52. The summed E-state index contributed by atoms with van der Waals surface area (Å²) >= 11 is 0. The minimum atomic E-state index is -3.37. The van der Waals surface area contributed by atoms with Gasteiger partial charge >= 0.3 is 5.97 Å². The van der Waals surface area contributed by atoms with Gasteiger partial charge in [0.05, 0.1) is 24.6 Å². The summed E-state index contributed by atoms with van der Waals surface area (Å²) in [5.41, 5.74) is 2.81. The van der Waals surface area contributed by atoms with Gasteiger partial charge in [0, 0.05) is 17.3 Å². The lowest BCUT2D eigenvalue weighted by Gasteiger charge is -2.21. The van der Waals surface area contributed by atoms with Gasteiger partial charge in [-0.1, -0.05) is 0 Å². The van der Waals surface area contributed by atoms with Crippen molar-refractivity contribution < 1.29 is 22.7 Å². The zero-order valence-corrected chi connectivity index (χ0v) is 16.0. The Morgan fingerprint density at radius 1 is 1.11 bits per heavy atom. The number of anilines is 2. The number of rotatable bonds is 4. The molecule has 1 heterocycles. The van der Waals surface area contributed by atoms with Crippen LogP contribution >= 0.6 is 0 Å². The van der Waals surface area contributed by atoms with Crippen molar-refractivity contribution in [1.82, 2.24) is 0 Å². The van der Waals surface area contributed by atoms with Gasteiger partial charge in [0.2, 0.25) is 10.0 Å². The Balaban J connectivity index is 1.79. The number of carbonyl (C=O) groups excluding carboxylic acids is 2. The van der Waals surface area contributed by atoms with Crippen LogP contribution in [0.3, 0.4) is 0 Å². The molecule has 1 aliphatic heterocycles. The third kappa shape index (κ3) is 3.80. The van der Waals surface area contributed by atoms with Crippen LogP contribution in [0.15, 0.2) is 42.5 Å². The Morgan fingerprint density at radius 2 is 1.74 bits per heavy atom. The third-order valence-corrected chi connectivity index (χ3v) is 5.69. The summed E-state index contributed by atoms with van der Waals surface area (Å²) in [6, 6.07) is 11.2. The monoisotopic (exact) mass is 388 g/mol.